The van der Waals surface area contributed by atoms with E-state index in [0.29, 0.717) is 12.5 Å². The molecule has 1 atom stereocenters. The van der Waals surface area contributed by atoms with Crippen LogP contribution in [0.4, 0.5) is 0 Å². The number of carbonyl (C=O) groups excluding carboxylic acids is 1. The molecule has 0 bridgehead atoms. The smallest absolute Gasteiger partial charge is 0.244 e. The fourth-order valence-corrected chi connectivity index (χ4v) is 3.79. The quantitative estimate of drug-likeness (QED) is 0.899. The van der Waals surface area contributed by atoms with Crippen LogP contribution in [-0.4, -0.2) is 50.6 Å². The Kier molecular flexibility index (Phi) is 4.29. The first-order valence-corrected chi connectivity index (χ1v) is 9.04. The van der Waals surface area contributed by atoms with Crippen LogP contribution in [0, 0.1) is 0 Å². The van der Waals surface area contributed by atoms with E-state index in [2.05, 4.69) is 10.3 Å². The van der Waals surface area contributed by atoms with Crippen molar-refractivity contribution in [2.75, 3.05) is 19.7 Å². The van der Waals surface area contributed by atoms with Gasteiger partial charge >= 0.3 is 0 Å². The number of likely N-dealkylation sites (tertiary alicyclic amines) is 1. The van der Waals surface area contributed by atoms with Crippen LogP contribution < -0.4 is 0 Å². The Hall–Kier alpha value is -2.21. The van der Waals surface area contributed by atoms with Crippen LogP contribution in [0.1, 0.15) is 42.9 Å². The fourth-order valence-electron chi connectivity index (χ4n) is 3.79. The summed E-state index contributed by atoms with van der Waals surface area (Å²) in [5.41, 5.74) is 1.74. The zero-order valence-electron chi connectivity index (χ0n) is 14.3. The van der Waals surface area contributed by atoms with Crippen molar-refractivity contribution in [3.63, 3.8) is 0 Å². The van der Waals surface area contributed by atoms with Crippen LogP contribution in [0.25, 0.3) is 0 Å². The number of aliphatic hydroxyl groups excluding tert-OH is 1. The monoisotopic (exact) mass is 340 g/mol. The minimum absolute atomic E-state index is 0.0423. The predicted molar refractivity (Wildman–Crippen MR) is 93.0 cm³/mol. The lowest BCUT2D eigenvalue weighted by Crippen LogP contribution is -2.51. The number of nitrogens with zero attached hydrogens (tertiary/aromatic N) is 4. The molecular weight excluding hydrogens is 316 g/mol. The van der Waals surface area contributed by atoms with E-state index in [0.717, 1.165) is 30.6 Å². The Labute approximate surface area is 147 Å². The molecule has 1 aliphatic carbocycles. The SMILES string of the molecule is O=C(Cn1cc(C2CC2)nn1)N1CCCC(CO)(c2ccccc2)C1. The molecule has 6 heteroatoms. The number of benzene rings is 1. The van der Waals surface area contributed by atoms with E-state index >= 15 is 0 Å². The van der Waals surface area contributed by atoms with Crippen molar-refractivity contribution >= 4 is 5.91 Å². The van der Waals surface area contributed by atoms with Crippen LogP contribution >= 0.6 is 0 Å². The fraction of sp³-hybridized carbons (Fsp3) is 0.526. The lowest BCUT2D eigenvalue weighted by molar-refractivity contribution is -0.134. The summed E-state index contributed by atoms with van der Waals surface area (Å²) in [6.45, 7) is 1.56. The molecule has 25 heavy (non-hydrogen) atoms. The van der Waals surface area contributed by atoms with Crippen LogP contribution in [0.3, 0.4) is 0 Å². The first kappa shape index (κ1) is 16.3. The highest BCUT2D eigenvalue weighted by Gasteiger charge is 2.38. The van der Waals surface area contributed by atoms with E-state index in [1.165, 1.54) is 12.8 Å². The molecule has 2 aromatic rings. The van der Waals surface area contributed by atoms with Gasteiger partial charge in [-0.15, -0.1) is 5.10 Å². The van der Waals surface area contributed by atoms with Crippen molar-refractivity contribution in [1.82, 2.24) is 19.9 Å². The van der Waals surface area contributed by atoms with E-state index in [1.807, 2.05) is 41.4 Å². The van der Waals surface area contributed by atoms with E-state index in [9.17, 15) is 9.90 Å². The molecule has 1 amide bonds. The number of piperidine rings is 1. The van der Waals surface area contributed by atoms with Crippen LogP contribution in [0.5, 0.6) is 0 Å². The third-order valence-electron chi connectivity index (χ3n) is 5.47. The summed E-state index contributed by atoms with van der Waals surface area (Å²) in [6.07, 6.45) is 6.04. The summed E-state index contributed by atoms with van der Waals surface area (Å²) in [6, 6.07) is 10.0. The molecule has 1 aromatic heterocycles. The molecule has 1 saturated heterocycles. The van der Waals surface area contributed by atoms with Crippen molar-refractivity contribution in [2.24, 2.45) is 0 Å². The molecule has 0 radical (unpaired) electrons. The second-order valence-electron chi connectivity index (χ2n) is 7.34. The van der Waals surface area contributed by atoms with Crippen molar-refractivity contribution in [1.29, 1.82) is 0 Å². The minimum atomic E-state index is -0.364. The van der Waals surface area contributed by atoms with Gasteiger partial charge in [-0.2, -0.15) is 0 Å². The summed E-state index contributed by atoms with van der Waals surface area (Å²) < 4.78 is 1.65. The van der Waals surface area contributed by atoms with Crippen molar-refractivity contribution in [2.45, 2.75) is 43.6 Å². The van der Waals surface area contributed by atoms with Crippen LogP contribution in [0.15, 0.2) is 36.5 Å². The maximum Gasteiger partial charge on any atom is 0.244 e. The molecule has 2 fully saturated rings. The van der Waals surface area contributed by atoms with Crippen LogP contribution in [0.2, 0.25) is 0 Å². The van der Waals surface area contributed by atoms with Gasteiger partial charge in [0.1, 0.15) is 6.54 Å². The number of amides is 1. The predicted octanol–water partition coefficient (Wildman–Crippen LogP) is 1.71. The van der Waals surface area contributed by atoms with Gasteiger partial charge < -0.3 is 10.0 Å². The first-order chi connectivity index (χ1) is 12.2. The maximum atomic E-state index is 12.8. The number of carbonyl (C=O) groups is 1. The zero-order valence-corrected chi connectivity index (χ0v) is 14.3. The van der Waals surface area contributed by atoms with Gasteiger partial charge in [0.15, 0.2) is 0 Å². The van der Waals surface area contributed by atoms with Gasteiger partial charge in [0.25, 0.3) is 0 Å². The molecule has 1 saturated carbocycles. The summed E-state index contributed by atoms with van der Waals surface area (Å²) in [5.74, 6) is 0.583. The number of aliphatic hydroxyl groups is 1. The van der Waals surface area contributed by atoms with Gasteiger partial charge in [-0.05, 0) is 31.2 Å². The van der Waals surface area contributed by atoms with E-state index in [-0.39, 0.29) is 24.5 Å². The molecule has 2 aliphatic rings. The molecular formula is C19H24N4O2. The second kappa shape index (κ2) is 6.59. The second-order valence-corrected chi connectivity index (χ2v) is 7.34. The number of rotatable bonds is 5. The Morgan fingerprint density at radius 3 is 2.80 bits per heavy atom. The Morgan fingerprint density at radius 2 is 2.08 bits per heavy atom. The normalized spacial score (nSPS) is 23.6. The van der Waals surface area contributed by atoms with Crippen molar-refractivity contribution < 1.29 is 9.90 Å². The molecule has 6 nitrogen and oxygen atoms in total. The molecule has 1 N–H and O–H groups in total. The molecule has 132 valence electrons. The van der Waals surface area contributed by atoms with Crippen LogP contribution in [-0.2, 0) is 16.8 Å². The lowest BCUT2D eigenvalue weighted by Gasteiger charge is -2.42. The van der Waals surface area contributed by atoms with E-state index in [4.69, 9.17) is 0 Å². The van der Waals surface area contributed by atoms with Gasteiger partial charge in [-0.3, -0.25) is 4.79 Å². The summed E-state index contributed by atoms with van der Waals surface area (Å²) in [4.78, 5) is 14.6. The Balaban J connectivity index is 1.46. The Morgan fingerprint density at radius 1 is 1.28 bits per heavy atom. The number of hydrogen-bond donors (Lipinski definition) is 1. The molecule has 1 aliphatic heterocycles. The first-order valence-electron chi connectivity index (χ1n) is 9.04. The van der Waals surface area contributed by atoms with Crippen molar-refractivity contribution in [3.05, 3.63) is 47.8 Å². The number of aromatic nitrogens is 3. The largest absolute Gasteiger partial charge is 0.395 e. The molecule has 1 aromatic carbocycles. The highest BCUT2D eigenvalue weighted by atomic mass is 16.3. The molecule has 1 unspecified atom stereocenters. The molecule has 0 spiro atoms. The summed E-state index contributed by atoms with van der Waals surface area (Å²) >= 11 is 0. The third-order valence-corrected chi connectivity index (χ3v) is 5.47. The topological polar surface area (TPSA) is 71.2 Å². The lowest BCUT2D eigenvalue weighted by atomic mass is 9.74. The van der Waals surface area contributed by atoms with Gasteiger partial charge in [-0.1, -0.05) is 35.5 Å². The minimum Gasteiger partial charge on any atom is -0.395 e. The van der Waals surface area contributed by atoms with Gasteiger partial charge in [0.05, 0.1) is 12.3 Å². The standard InChI is InChI=1S/C19H24N4O2/c24-14-19(16-5-2-1-3-6-16)9-4-10-22(13-19)18(25)12-23-11-17(20-21-23)15-7-8-15/h1-3,5-6,11,15,24H,4,7-10,12-14H2. The van der Waals surface area contributed by atoms with Crippen molar-refractivity contribution in [3.8, 4) is 0 Å². The van der Waals surface area contributed by atoms with Gasteiger partial charge in [0, 0.05) is 30.6 Å². The zero-order chi connectivity index (χ0) is 17.3. The average molecular weight is 340 g/mol. The Bertz CT molecular complexity index is 741. The summed E-state index contributed by atoms with van der Waals surface area (Å²) in [5, 5.41) is 18.4. The van der Waals surface area contributed by atoms with Gasteiger partial charge in [0.2, 0.25) is 5.91 Å². The third kappa shape index (κ3) is 3.31. The van der Waals surface area contributed by atoms with Gasteiger partial charge in [-0.25, -0.2) is 4.68 Å². The average Bonchev–Trinajstić information content (AvgIpc) is 3.42. The highest BCUT2D eigenvalue weighted by Crippen LogP contribution is 2.38. The summed E-state index contributed by atoms with van der Waals surface area (Å²) in [7, 11) is 0. The maximum absolute atomic E-state index is 12.8. The molecule has 4 rings (SSSR count). The highest BCUT2D eigenvalue weighted by molar-refractivity contribution is 5.76. The number of hydrogen-bond acceptors (Lipinski definition) is 4. The molecule has 2 heterocycles. The van der Waals surface area contributed by atoms with E-state index < -0.39 is 0 Å². The van der Waals surface area contributed by atoms with E-state index in [1.54, 1.807) is 4.68 Å².